The van der Waals surface area contributed by atoms with Gasteiger partial charge in [-0.05, 0) is 63.2 Å². The van der Waals surface area contributed by atoms with Crippen LogP contribution in [0.5, 0.6) is 0 Å². The summed E-state index contributed by atoms with van der Waals surface area (Å²) in [5, 5.41) is 3.59. The van der Waals surface area contributed by atoms with Crippen molar-refractivity contribution in [2.75, 3.05) is 19.6 Å². The van der Waals surface area contributed by atoms with Gasteiger partial charge in [0.15, 0.2) is 0 Å². The van der Waals surface area contributed by atoms with E-state index >= 15 is 0 Å². The second-order valence-electron chi connectivity index (χ2n) is 8.32. The lowest BCUT2D eigenvalue weighted by Gasteiger charge is -2.23. The average Bonchev–Trinajstić information content (AvgIpc) is 2.69. The van der Waals surface area contributed by atoms with E-state index in [0.717, 1.165) is 19.5 Å². The highest BCUT2D eigenvalue weighted by atomic mass is 15.1. The van der Waals surface area contributed by atoms with E-state index in [1.165, 1.54) is 30.6 Å². The molecule has 1 N–H and O–H groups in total. The third-order valence-corrected chi connectivity index (χ3v) is 4.32. The van der Waals surface area contributed by atoms with E-state index in [2.05, 4.69) is 69.1 Å². The third-order valence-electron chi connectivity index (χ3n) is 4.32. The van der Waals surface area contributed by atoms with Crippen molar-refractivity contribution in [3.63, 3.8) is 0 Å². The molecule has 0 spiro atoms. The van der Waals surface area contributed by atoms with Crippen LogP contribution in [0.3, 0.4) is 0 Å². The van der Waals surface area contributed by atoms with E-state index in [9.17, 15) is 0 Å². The standard InChI is InChI=1S/C19H32N2/c1-18(2,3)20-12-10-16-8-6-7-9-17(16)14-21-13-11-19(4,5)15-21/h6-9,20H,10-15H2,1-5H3. The molecule has 118 valence electrons. The molecule has 1 fully saturated rings. The summed E-state index contributed by atoms with van der Waals surface area (Å²) in [4.78, 5) is 2.61. The van der Waals surface area contributed by atoms with Crippen LogP contribution in [-0.2, 0) is 13.0 Å². The van der Waals surface area contributed by atoms with Crippen LogP contribution < -0.4 is 5.32 Å². The van der Waals surface area contributed by atoms with Gasteiger partial charge in [-0.25, -0.2) is 0 Å². The van der Waals surface area contributed by atoms with Gasteiger partial charge in [-0.2, -0.15) is 0 Å². The molecule has 0 radical (unpaired) electrons. The molecule has 1 heterocycles. The Morgan fingerprint density at radius 3 is 2.38 bits per heavy atom. The molecule has 21 heavy (non-hydrogen) atoms. The maximum absolute atomic E-state index is 3.59. The smallest absolute Gasteiger partial charge is 0.0236 e. The van der Waals surface area contributed by atoms with Crippen molar-refractivity contribution >= 4 is 0 Å². The van der Waals surface area contributed by atoms with Crippen molar-refractivity contribution < 1.29 is 0 Å². The molecule has 0 aliphatic carbocycles. The van der Waals surface area contributed by atoms with Crippen LogP contribution in [-0.4, -0.2) is 30.1 Å². The Balaban J connectivity index is 1.94. The Bertz CT molecular complexity index is 457. The van der Waals surface area contributed by atoms with Gasteiger partial charge in [-0.15, -0.1) is 0 Å². The molecule has 0 unspecified atom stereocenters. The van der Waals surface area contributed by atoms with Crippen molar-refractivity contribution in [1.29, 1.82) is 0 Å². The fourth-order valence-electron chi connectivity index (χ4n) is 3.13. The van der Waals surface area contributed by atoms with Gasteiger partial charge in [0.25, 0.3) is 0 Å². The predicted molar refractivity (Wildman–Crippen MR) is 91.6 cm³/mol. The zero-order chi connectivity index (χ0) is 15.5. The molecule has 0 aromatic heterocycles. The number of nitrogens with one attached hydrogen (secondary N) is 1. The number of likely N-dealkylation sites (tertiary alicyclic amines) is 1. The predicted octanol–water partition coefficient (Wildman–Crippen LogP) is 3.85. The molecular weight excluding hydrogens is 256 g/mol. The number of hydrogen-bond acceptors (Lipinski definition) is 2. The largest absolute Gasteiger partial charge is 0.312 e. The van der Waals surface area contributed by atoms with Crippen LogP contribution in [0.1, 0.15) is 52.2 Å². The van der Waals surface area contributed by atoms with Crippen molar-refractivity contribution in [2.45, 2.75) is 59.5 Å². The minimum absolute atomic E-state index is 0.202. The van der Waals surface area contributed by atoms with Crippen LogP contribution in [0.25, 0.3) is 0 Å². The Hall–Kier alpha value is -0.860. The van der Waals surface area contributed by atoms with Gasteiger partial charge in [0.1, 0.15) is 0 Å². The zero-order valence-electron chi connectivity index (χ0n) is 14.5. The lowest BCUT2D eigenvalue weighted by Crippen LogP contribution is -2.37. The molecule has 0 bridgehead atoms. The summed E-state index contributed by atoms with van der Waals surface area (Å²) in [7, 11) is 0. The first-order valence-corrected chi connectivity index (χ1v) is 8.29. The molecule has 1 aromatic rings. The topological polar surface area (TPSA) is 15.3 Å². The van der Waals surface area contributed by atoms with Crippen molar-refractivity contribution in [3.8, 4) is 0 Å². The summed E-state index contributed by atoms with van der Waals surface area (Å²) >= 11 is 0. The Labute approximate surface area is 130 Å². The monoisotopic (exact) mass is 288 g/mol. The number of nitrogens with zero attached hydrogens (tertiary/aromatic N) is 1. The van der Waals surface area contributed by atoms with E-state index in [0.29, 0.717) is 5.41 Å². The Morgan fingerprint density at radius 2 is 1.81 bits per heavy atom. The number of hydrogen-bond donors (Lipinski definition) is 1. The van der Waals surface area contributed by atoms with Gasteiger partial charge in [0, 0.05) is 18.6 Å². The van der Waals surface area contributed by atoms with Crippen molar-refractivity contribution in [3.05, 3.63) is 35.4 Å². The maximum atomic E-state index is 3.59. The molecule has 0 amide bonds. The van der Waals surface area contributed by atoms with Gasteiger partial charge in [-0.3, -0.25) is 4.90 Å². The highest BCUT2D eigenvalue weighted by Crippen LogP contribution is 2.30. The summed E-state index contributed by atoms with van der Waals surface area (Å²) in [5.41, 5.74) is 3.70. The van der Waals surface area contributed by atoms with E-state index in [1.807, 2.05) is 0 Å². The van der Waals surface area contributed by atoms with Crippen LogP contribution in [0.2, 0.25) is 0 Å². The molecular formula is C19H32N2. The quantitative estimate of drug-likeness (QED) is 0.885. The van der Waals surface area contributed by atoms with Gasteiger partial charge in [0.2, 0.25) is 0 Å². The SMILES string of the molecule is CC1(C)CCN(Cc2ccccc2CCNC(C)(C)C)C1. The molecule has 1 aromatic carbocycles. The molecule has 0 atom stereocenters. The second-order valence-corrected chi connectivity index (χ2v) is 8.32. The van der Waals surface area contributed by atoms with Gasteiger partial charge in [0.05, 0.1) is 0 Å². The molecule has 2 rings (SSSR count). The van der Waals surface area contributed by atoms with Gasteiger partial charge >= 0.3 is 0 Å². The lowest BCUT2D eigenvalue weighted by molar-refractivity contribution is 0.283. The van der Waals surface area contributed by atoms with Crippen LogP contribution in [0, 0.1) is 5.41 Å². The van der Waals surface area contributed by atoms with Crippen molar-refractivity contribution in [1.82, 2.24) is 10.2 Å². The lowest BCUT2D eigenvalue weighted by atomic mass is 9.93. The van der Waals surface area contributed by atoms with Crippen molar-refractivity contribution in [2.24, 2.45) is 5.41 Å². The van der Waals surface area contributed by atoms with E-state index in [1.54, 1.807) is 0 Å². The minimum atomic E-state index is 0.202. The molecule has 1 aliphatic heterocycles. The van der Waals surface area contributed by atoms with Gasteiger partial charge < -0.3 is 5.32 Å². The third kappa shape index (κ3) is 5.44. The molecule has 2 heteroatoms. The number of benzene rings is 1. The Kier molecular flexibility index (Phi) is 5.11. The Morgan fingerprint density at radius 1 is 1.14 bits per heavy atom. The number of rotatable bonds is 5. The fourth-order valence-corrected chi connectivity index (χ4v) is 3.13. The average molecular weight is 288 g/mol. The fraction of sp³-hybridized carbons (Fsp3) is 0.684. The second kappa shape index (κ2) is 6.50. The van der Waals surface area contributed by atoms with E-state index in [-0.39, 0.29) is 5.54 Å². The van der Waals surface area contributed by atoms with E-state index < -0.39 is 0 Å². The van der Waals surface area contributed by atoms with Crippen LogP contribution in [0.4, 0.5) is 0 Å². The summed E-state index contributed by atoms with van der Waals surface area (Å²) in [6.45, 7) is 16.1. The maximum Gasteiger partial charge on any atom is 0.0236 e. The van der Waals surface area contributed by atoms with E-state index in [4.69, 9.17) is 0 Å². The molecule has 1 aliphatic rings. The summed E-state index contributed by atoms with van der Waals surface area (Å²) in [5.74, 6) is 0. The minimum Gasteiger partial charge on any atom is -0.312 e. The highest BCUT2D eigenvalue weighted by Gasteiger charge is 2.29. The van der Waals surface area contributed by atoms with Crippen LogP contribution >= 0.6 is 0 Å². The first kappa shape index (κ1) is 16.5. The summed E-state index contributed by atoms with van der Waals surface area (Å²) in [6.07, 6.45) is 2.44. The summed E-state index contributed by atoms with van der Waals surface area (Å²) in [6, 6.07) is 8.94. The van der Waals surface area contributed by atoms with Gasteiger partial charge in [-0.1, -0.05) is 38.1 Å². The molecule has 0 saturated carbocycles. The summed E-state index contributed by atoms with van der Waals surface area (Å²) < 4.78 is 0. The first-order valence-electron chi connectivity index (χ1n) is 8.29. The highest BCUT2D eigenvalue weighted by molar-refractivity contribution is 5.27. The normalized spacial score (nSPS) is 19.1. The first-order chi connectivity index (χ1) is 9.75. The van der Waals surface area contributed by atoms with Crippen LogP contribution in [0.15, 0.2) is 24.3 Å². The molecule has 2 nitrogen and oxygen atoms in total. The molecule has 1 saturated heterocycles. The zero-order valence-corrected chi connectivity index (χ0v) is 14.5.